The highest BCUT2D eigenvalue weighted by molar-refractivity contribution is 6.30. The van der Waals surface area contributed by atoms with E-state index in [1.807, 2.05) is 9.80 Å². The molecule has 2 saturated heterocycles. The molecule has 0 radical (unpaired) electrons. The summed E-state index contributed by atoms with van der Waals surface area (Å²) in [6.45, 7) is 7.04. The first-order valence-corrected chi connectivity index (χ1v) is 9.51. The number of hydrogen-bond donors (Lipinski definition) is 0. The molecule has 1 aromatic rings. The number of amides is 1. The van der Waals surface area contributed by atoms with Crippen LogP contribution in [0.15, 0.2) is 18.2 Å². The fourth-order valence-electron chi connectivity index (χ4n) is 3.83. The van der Waals surface area contributed by atoms with Gasteiger partial charge in [0, 0.05) is 43.8 Å². The molecule has 142 valence electrons. The second-order valence-electron chi connectivity index (χ2n) is 7.24. The molecule has 1 atom stereocenters. The molecule has 1 aromatic carbocycles. The van der Waals surface area contributed by atoms with Crippen LogP contribution in [0.5, 0.6) is 0 Å². The lowest BCUT2D eigenvalue weighted by atomic mass is 10.0. The average molecular weight is 381 g/mol. The van der Waals surface area contributed by atoms with Crippen molar-refractivity contribution in [3.05, 3.63) is 33.3 Å². The van der Waals surface area contributed by atoms with Crippen molar-refractivity contribution in [2.75, 3.05) is 50.7 Å². The van der Waals surface area contributed by atoms with Gasteiger partial charge >= 0.3 is 0 Å². The van der Waals surface area contributed by atoms with Crippen LogP contribution in [0.2, 0.25) is 5.02 Å². The maximum absolute atomic E-state index is 12.6. The van der Waals surface area contributed by atoms with E-state index in [9.17, 15) is 14.9 Å². The van der Waals surface area contributed by atoms with Crippen LogP contribution in [-0.4, -0.2) is 66.4 Å². The van der Waals surface area contributed by atoms with Gasteiger partial charge in [0.2, 0.25) is 5.91 Å². The molecule has 2 aliphatic heterocycles. The largest absolute Gasteiger partial charge is 0.362 e. The minimum atomic E-state index is -0.406. The molecular weight excluding hydrogens is 356 g/mol. The number of likely N-dealkylation sites (tertiary alicyclic amines) is 1. The standard InChI is InChI=1S/C18H25ClN4O3/c1-14-3-2-6-20(12-14)13-18(24)22-9-7-21(8-10-22)16-5-4-15(19)11-17(16)23(25)26/h4-5,11,14H,2-3,6-10,12-13H2,1H3/t14-/m1/s1. The van der Waals surface area contributed by atoms with Crippen LogP contribution in [0.25, 0.3) is 0 Å². The maximum atomic E-state index is 12.6. The molecule has 2 fully saturated rings. The maximum Gasteiger partial charge on any atom is 0.294 e. The lowest BCUT2D eigenvalue weighted by Crippen LogP contribution is -2.52. The molecule has 3 rings (SSSR count). The molecule has 7 nitrogen and oxygen atoms in total. The zero-order valence-corrected chi connectivity index (χ0v) is 15.8. The Bertz CT molecular complexity index is 676. The highest BCUT2D eigenvalue weighted by Crippen LogP contribution is 2.31. The van der Waals surface area contributed by atoms with Crippen molar-refractivity contribution >= 4 is 28.9 Å². The molecule has 0 bridgehead atoms. The molecule has 1 amide bonds. The molecule has 0 N–H and O–H groups in total. The Balaban J connectivity index is 1.57. The van der Waals surface area contributed by atoms with Crippen LogP contribution in [0.3, 0.4) is 0 Å². The highest BCUT2D eigenvalue weighted by atomic mass is 35.5. The number of nitrogens with zero attached hydrogens (tertiary/aromatic N) is 4. The molecule has 0 saturated carbocycles. The Kier molecular flexibility index (Phi) is 5.98. The number of halogens is 1. The molecule has 0 unspecified atom stereocenters. The van der Waals surface area contributed by atoms with Crippen molar-refractivity contribution in [2.45, 2.75) is 19.8 Å². The minimum absolute atomic E-state index is 0.0135. The normalized spacial score (nSPS) is 21.7. The molecule has 2 aliphatic rings. The quantitative estimate of drug-likeness (QED) is 0.593. The lowest BCUT2D eigenvalue weighted by Gasteiger charge is -2.37. The lowest BCUT2D eigenvalue weighted by molar-refractivity contribution is -0.384. The van der Waals surface area contributed by atoms with E-state index in [1.165, 1.54) is 12.5 Å². The van der Waals surface area contributed by atoms with Gasteiger partial charge in [-0.2, -0.15) is 0 Å². The van der Waals surface area contributed by atoms with E-state index in [-0.39, 0.29) is 11.6 Å². The molecule has 2 heterocycles. The van der Waals surface area contributed by atoms with Gasteiger partial charge in [0.05, 0.1) is 11.5 Å². The predicted octanol–water partition coefficient (Wildman–Crippen LogP) is 2.63. The van der Waals surface area contributed by atoms with E-state index < -0.39 is 4.92 Å². The van der Waals surface area contributed by atoms with Gasteiger partial charge in [-0.3, -0.25) is 19.8 Å². The number of nitro benzene ring substituents is 1. The van der Waals surface area contributed by atoms with Gasteiger partial charge < -0.3 is 9.80 Å². The van der Waals surface area contributed by atoms with Crippen molar-refractivity contribution in [2.24, 2.45) is 5.92 Å². The first-order valence-electron chi connectivity index (χ1n) is 9.13. The Labute approximate surface area is 158 Å². The predicted molar refractivity (Wildman–Crippen MR) is 102 cm³/mol. The summed E-state index contributed by atoms with van der Waals surface area (Å²) >= 11 is 5.89. The molecular formula is C18H25ClN4O3. The number of carbonyl (C=O) groups excluding carboxylic acids is 1. The third kappa shape index (κ3) is 4.45. The van der Waals surface area contributed by atoms with Gasteiger partial charge in [0.15, 0.2) is 0 Å². The highest BCUT2D eigenvalue weighted by Gasteiger charge is 2.27. The minimum Gasteiger partial charge on any atom is -0.362 e. The molecule has 0 spiro atoms. The third-order valence-corrected chi connectivity index (χ3v) is 5.44. The molecule has 0 aromatic heterocycles. The number of rotatable bonds is 4. The number of piperidine rings is 1. The van der Waals surface area contributed by atoms with Gasteiger partial charge in [-0.05, 0) is 37.4 Å². The Morgan fingerprint density at radius 2 is 2.00 bits per heavy atom. The Morgan fingerprint density at radius 3 is 2.65 bits per heavy atom. The summed E-state index contributed by atoms with van der Waals surface area (Å²) in [7, 11) is 0. The van der Waals surface area contributed by atoms with Crippen LogP contribution in [0.1, 0.15) is 19.8 Å². The number of anilines is 1. The summed E-state index contributed by atoms with van der Waals surface area (Å²) in [4.78, 5) is 29.5. The van der Waals surface area contributed by atoms with Crippen molar-refractivity contribution in [3.63, 3.8) is 0 Å². The number of benzene rings is 1. The van der Waals surface area contributed by atoms with Gasteiger partial charge in [-0.15, -0.1) is 0 Å². The average Bonchev–Trinajstić information content (AvgIpc) is 2.62. The number of carbonyl (C=O) groups is 1. The van der Waals surface area contributed by atoms with Gasteiger partial charge in [0.1, 0.15) is 5.69 Å². The first kappa shape index (κ1) is 18.9. The van der Waals surface area contributed by atoms with Gasteiger partial charge in [-0.25, -0.2) is 0 Å². The summed E-state index contributed by atoms with van der Waals surface area (Å²) in [5.74, 6) is 0.809. The zero-order valence-electron chi connectivity index (χ0n) is 15.1. The van der Waals surface area contributed by atoms with E-state index in [1.54, 1.807) is 12.1 Å². The first-order chi connectivity index (χ1) is 12.4. The Hall–Kier alpha value is -1.86. The smallest absolute Gasteiger partial charge is 0.294 e. The van der Waals surface area contributed by atoms with E-state index in [4.69, 9.17) is 11.6 Å². The van der Waals surface area contributed by atoms with Crippen LogP contribution in [-0.2, 0) is 4.79 Å². The van der Waals surface area contributed by atoms with E-state index in [0.29, 0.717) is 49.4 Å². The second-order valence-corrected chi connectivity index (χ2v) is 7.68. The van der Waals surface area contributed by atoms with E-state index >= 15 is 0 Å². The summed E-state index contributed by atoms with van der Waals surface area (Å²) in [6.07, 6.45) is 2.39. The van der Waals surface area contributed by atoms with Crippen molar-refractivity contribution in [3.8, 4) is 0 Å². The monoisotopic (exact) mass is 380 g/mol. The fourth-order valence-corrected chi connectivity index (χ4v) is 3.99. The van der Waals surface area contributed by atoms with Crippen molar-refractivity contribution in [1.29, 1.82) is 0 Å². The van der Waals surface area contributed by atoms with Crippen molar-refractivity contribution in [1.82, 2.24) is 9.80 Å². The van der Waals surface area contributed by atoms with Crippen LogP contribution < -0.4 is 4.90 Å². The van der Waals surface area contributed by atoms with Crippen LogP contribution in [0.4, 0.5) is 11.4 Å². The molecule has 0 aliphatic carbocycles. The van der Waals surface area contributed by atoms with E-state index in [0.717, 1.165) is 19.5 Å². The second kappa shape index (κ2) is 8.22. The number of nitro groups is 1. The van der Waals surface area contributed by atoms with Gasteiger partial charge in [0.25, 0.3) is 5.69 Å². The number of hydrogen-bond acceptors (Lipinski definition) is 5. The van der Waals surface area contributed by atoms with E-state index in [2.05, 4.69) is 11.8 Å². The number of piperazine rings is 1. The SMILES string of the molecule is C[C@@H]1CCCN(CC(=O)N2CCN(c3ccc(Cl)cc3[N+](=O)[O-])CC2)C1. The summed E-state index contributed by atoms with van der Waals surface area (Å²) < 4.78 is 0. The zero-order chi connectivity index (χ0) is 18.7. The summed E-state index contributed by atoms with van der Waals surface area (Å²) in [5, 5.41) is 11.6. The van der Waals surface area contributed by atoms with Gasteiger partial charge in [-0.1, -0.05) is 18.5 Å². The summed E-state index contributed by atoms with van der Waals surface area (Å²) in [5.41, 5.74) is 0.580. The fraction of sp³-hybridized carbons (Fsp3) is 0.611. The van der Waals surface area contributed by atoms with Crippen molar-refractivity contribution < 1.29 is 9.72 Å². The topological polar surface area (TPSA) is 69.9 Å². The molecule has 26 heavy (non-hydrogen) atoms. The Morgan fingerprint density at radius 1 is 1.27 bits per heavy atom. The van der Waals surface area contributed by atoms with Crippen LogP contribution >= 0.6 is 11.6 Å². The van der Waals surface area contributed by atoms with Crippen LogP contribution in [0, 0.1) is 16.0 Å². The molecule has 8 heteroatoms. The summed E-state index contributed by atoms with van der Waals surface area (Å²) in [6, 6.07) is 4.73. The third-order valence-electron chi connectivity index (χ3n) is 5.21.